The summed E-state index contributed by atoms with van der Waals surface area (Å²) in [4.78, 5) is 2.46. The summed E-state index contributed by atoms with van der Waals surface area (Å²) in [6.07, 6.45) is 7.05. The van der Waals surface area contributed by atoms with Gasteiger partial charge in [-0.05, 0) is 57.0 Å². The van der Waals surface area contributed by atoms with Gasteiger partial charge in [0.05, 0.1) is 6.61 Å². The zero-order valence-electron chi connectivity index (χ0n) is 12.2. The molecule has 108 valence electrons. The van der Waals surface area contributed by atoms with Gasteiger partial charge in [0.2, 0.25) is 0 Å². The van der Waals surface area contributed by atoms with Crippen molar-refractivity contribution in [3.05, 3.63) is 35.7 Å². The zero-order valence-corrected chi connectivity index (χ0v) is 12.2. The highest BCUT2D eigenvalue weighted by molar-refractivity contribution is 5.72. The number of benzene rings is 1. The molecule has 2 atom stereocenters. The second-order valence-electron chi connectivity index (χ2n) is 5.79. The van der Waals surface area contributed by atoms with Gasteiger partial charge in [-0.15, -0.1) is 0 Å². The fourth-order valence-corrected chi connectivity index (χ4v) is 3.48. The van der Waals surface area contributed by atoms with Crippen molar-refractivity contribution in [2.75, 3.05) is 13.7 Å². The lowest BCUT2D eigenvalue weighted by atomic mass is 9.83. The minimum atomic E-state index is -0.187. The largest absolute Gasteiger partial charge is 0.493 e. The fourth-order valence-electron chi connectivity index (χ4n) is 3.48. The summed E-state index contributed by atoms with van der Waals surface area (Å²) in [5.74, 6) is 0.621. The summed E-state index contributed by atoms with van der Waals surface area (Å²) in [6.45, 7) is 2.57. The van der Waals surface area contributed by atoms with Crippen molar-refractivity contribution >= 4 is 5.57 Å². The van der Waals surface area contributed by atoms with Crippen LogP contribution in [0, 0.1) is 5.82 Å². The average molecular weight is 275 g/mol. The Kier molecular flexibility index (Phi) is 3.79. The van der Waals surface area contributed by atoms with Crippen LogP contribution < -0.4 is 4.74 Å². The molecule has 2 aliphatic rings. The smallest absolute Gasteiger partial charge is 0.126 e. The predicted octanol–water partition coefficient (Wildman–Crippen LogP) is 3.86. The molecule has 1 aromatic carbocycles. The first-order valence-electron chi connectivity index (χ1n) is 7.54. The molecule has 0 aliphatic carbocycles. The minimum absolute atomic E-state index is 0.187. The number of nitrogens with zero attached hydrogens (tertiary/aromatic N) is 1. The Hall–Kier alpha value is -1.35. The van der Waals surface area contributed by atoms with E-state index in [4.69, 9.17) is 4.74 Å². The molecule has 20 heavy (non-hydrogen) atoms. The maximum absolute atomic E-state index is 13.6. The molecule has 1 aromatic rings. The molecule has 0 saturated carbocycles. The number of rotatable bonds is 3. The van der Waals surface area contributed by atoms with Gasteiger partial charge in [-0.3, -0.25) is 4.90 Å². The second-order valence-corrected chi connectivity index (χ2v) is 5.79. The Morgan fingerprint density at radius 3 is 2.95 bits per heavy atom. The van der Waals surface area contributed by atoms with E-state index in [0.717, 1.165) is 17.7 Å². The molecular formula is C17H22FNO. The van der Waals surface area contributed by atoms with E-state index >= 15 is 0 Å². The quantitative estimate of drug-likeness (QED) is 0.830. The van der Waals surface area contributed by atoms with E-state index in [1.54, 1.807) is 12.1 Å². The molecular weight excluding hydrogens is 253 g/mol. The van der Waals surface area contributed by atoms with E-state index in [2.05, 4.69) is 18.0 Å². The highest BCUT2D eigenvalue weighted by atomic mass is 19.1. The molecule has 3 rings (SSSR count). The number of fused-ring (bicyclic) bond motifs is 2. The second kappa shape index (κ2) is 5.57. The normalized spacial score (nSPS) is 26.2. The van der Waals surface area contributed by atoms with E-state index in [0.29, 0.717) is 18.7 Å². The van der Waals surface area contributed by atoms with Crippen molar-refractivity contribution in [2.45, 2.75) is 44.7 Å². The van der Waals surface area contributed by atoms with Crippen molar-refractivity contribution in [1.29, 1.82) is 0 Å². The van der Waals surface area contributed by atoms with Crippen molar-refractivity contribution in [1.82, 2.24) is 4.90 Å². The SMILES string of the molecule is CCOc1ccc(F)cc1C1=CC2CCCC(C1)N2C. The van der Waals surface area contributed by atoms with Crippen LogP contribution in [0.4, 0.5) is 4.39 Å². The van der Waals surface area contributed by atoms with Gasteiger partial charge in [0.15, 0.2) is 0 Å². The first-order valence-corrected chi connectivity index (χ1v) is 7.54. The van der Waals surface area contributed by atoms with Gasteiger partial charge in [-0.2, -0.15) is 0 Å². The van der Waals surface area contributed by atoms with E-state index in [1.807, 2.05) is 6.92 Å². The Balaban J connectivity index is 1.98. The summed E-state index contributed by atoms with van der Waals surface area (Å²) in [5, 5.41) is 0. The van der Waals surface area contributed by atoms with E-state index in [9.17, 15) is 4.39 Å². The lowest BCUT2D eigenvalue weighted by molar-refractivity contribution is 0.137. The molecule has 0 spiro atoms. The average Bonchev–Trinajstić information content (AvgIpc) is 2.41. The van der Waals surface area contributed by atoms with Crippen LogP contribution in [0.1, 0.15) is 38.2 Å². The standard InChI is InChI=1S/C17H22FNO/c1-3-20-17-8-7-13(18)11-16(17)12-9-14-5-4-6-15(10-12)19(14)2/h7-9,11,14-15H,3-6,10H2,1-2H3. The molecule has 0 aromatic heterocycles. The lowest BCUT2D eigenvalue weighted by Crippen LogP contribution is -2.45. The highest BCUT2D eigenvalue weighted by Gasteiger charge is 2.32. The topological polar surface area (TPSA) is 12.5 Å². The van der Waals surface area contributed by atoms with Crippen LogP contribution in [0.25, 0.3) is 5.57 Å². The van der Waals surface area contributed by atoms with E-state index < -0.39 is 0 Å². The zero-order chi connectivity index (χ0) is 14.1. The van der Waals surface area contributed by atoms with Gasteiger partial charge in [-0.25, -0.2) is 4.39 Å². The number of hydrogen-bond acceptors (Lipinski definition) is 2. The molecule has 2 nitrogen and oxygen atoms in total. The molecule has 1 fully saturated rings. The maximum Gasteiger partial charge on any atom is 0.126 e. The van der Waals surface area contributed by atoms with Gasteiger partial charge in [0.1, 0.15) is 11.6 Å². The van der Waals surface area contributed by atoms with E-state index in [-0.39, 0.29) is 5.82 Å². The Labute approximate surface area is 120 Å². The van der Waals surface area contributed by atoms with Crippen molar-refractivity contribution in [2.24, 2.45) is 0 Å². The Morgan fingerprint density at radius 1 is 1.35 bits per heavy atom. The number of halogens is 1. The molecule has 2 unspecified atom stereocenters. The van der Waals surface area contributed by atoms with Gasteiger partial charge in [0, 0.05) is 17.6 Å². The first kappa shape index (κ1) is 13.6. The minimum Gasteiger partial charge on any atom is -0.493 e. The molecule has 2 heterocycles. The molecule has 3 heteroatoms. The third-order valence-electron chi connectivity index (χ3n) is 4.57. The first-order chi connectivity index (χ1) is 9.69. The van der Waals surface area contributed by atoms with Crippen molar-refractivity contribution < 1.29 is 9.13 Å². The van der Waals surface area contributed by atoms with Gasteiger partial charge in [-0.1, -0.05) is 12.5 Å². The molecule has 0 radical (unpaired) electrons. The molecule has 0 amide bonds. The molecule has 0 N–H and O–H groups in total. The predicted molar refractivity (Wildman–Crippen MR) is 79.4 cm³/mol. The van der Waals surface area contributed by atoms with Gasteiger partial charge >= 0.3 is 0 Å². The third kappa shape index (κ3) is 2.47. The number of likely N-dealkylation sites (N-methyl/N-ethyl adjacent to an activating group) is 1. The van der Waals surface area contributed by atoms with Gasteiger partial charge < -0.3 is 4.74 Å². The van der Waals surface area contributed by atoms with Crippen LogP contribution in [-0.4, -0.2) is 30.6 Å². The monoisotopic (exact) mass is 275 g/mol. The molecule has 1 saturated heterocycles. The van der Waals surface area contributed by atoms with Crippen molar-refractivity contribution in [3.63, 3.8) is 0 Å². The number of ether oxygens (including phenoxy) is 1. The van der Waals surface area contributed by atoms with Crippen LogP contribution in [0.2, 0.25) is 0 Å². The summed E-state index contributed by atoms with van der Waals surface area (Å²) >= 11 is 0. The fraction of sp³-hybridized carbons (Fsp3) is 0.529. The van der Waals surface area contributed by atoms with Crippen LogP contribution in [0.3, 0.4) is 0 Å². The maximum atomic E-state index is 13.6. The van der Waals surface area contributed by atoms with Crippen molar-refractivity contribution in [3.8, 4) is 5.75 Å². The highest BCUT2D eigenvalue weighted by Crippen LogP contribution is 2.39. The third-order valence-corrected chi connectivity index (χ3v) is 4.57. The molecule has 2 bridgehead atoms. The lowest BCUT2D eigenvalue weighted by Gasteiger charge is -2.43. The molecule has 2 aliphatic heterocycles. The van der Waals surface area contributed by atoms with Crippen LogP contribution in [0.15, 0.2) is 24.3 Å². The Bertz CT molecular complexity index is 526. The summed E-state index contributed by atoms with van der Waals surface area (Å²) in [5.41, 5.74) is 2.19. The number of hydrogen-bond donors (Lipinski definition) is 0. The number of piperidine rings is 1. The van der Waals surface area contributed by atoms with Crippen LogP contribution in [-0.2, 0) is 0 Å². The Morgan fingerprint density at radius 2 is 2.20 bits per heavy atom. The van der Waals surface area contributed by atoms with E-state index in [1.165, 1.54) is 30.9 Å². The summed E-state index contributed by atoms with van der Waals surface area (Å²) in [6, 6.07) is 5.94. The summed E-state index contributed by atoms with van der Waals surface area (Å²) in [7, 11) is 2.21. The van der Waals surface area contributed by atoms with Crippen LogP contribution in [0.5, 0.6) is 5.75 Å². The van der Waals surface area contributed by atoms with Gasteiger partial charge in [0.25, 0.3) is 0 Å². The summed E-state index contributed by atoms with van der Waals surface area (Å²) < 4.78 is 19.3. The van der Waals surface area contributed by atoms with Crippen LogP contribution >= 0.6 is 0 Å².